The second kappa shape index (κ2) is 7.47. The van der Waals surface area contributed by atoms with Gasteiger partial charge in [0.2, 0.25) is 0 Å². The topological polar surface area (TPSA) is 50.8 Å². The van der Waals surface area contributed by atoms with E-state index in [1.54, 1.807) is 34.9 Å². The molecule has 4 rings (SSSR count). The van der Waals surface area contributed by atoms with Crippen molar-refractivity contribution in [2.45, 2.75) is 5.37 Å². The Morgan fingerprint density at radius 3 is 2.62 bits per heavy atom. The summed E-state index contributed by atoms with van der Waals surface area (Å²) >= 11 is 14.0. The predicted octanol–water partition coefficient (Wildman–Crippen LogP) is 5.04. The Morgan fingerprint density at radius 2 is 1.85 bits per heavy atom. The number of fused-ring (bicyclic) bond motifs is 1. The minimum atomic E-state index is -0.232. The van der Waals surface area contributed by atoms with Gasteiger partial charge in [-0.25, -0.2) is 4.79 Å². The summed E-state index contributed by atoms with van der Waals surface area (Å²) in [7, 11) is 0. The van der Waals surface area contributed by atoms with Crippen LogP contribution in [0.4, 0.5) is 10.5 Å². The SMILES string of the molecule is O=C(Nc1c(Cl)cccc1Cl)N1CCS[C@@H]1c1ccc2c(c1)OCCO2. The predicted molar refractivity (Wildman–Crippen MR) is 105 cm³/mol. The molecule has 5 nitrogen and oxygen atoms in total. The summed E-state index contributed by atoms with van der Waals surface area (Å²) in [6.07, 6.45) is 0. The molecule has 0 aromatic heterocycles. The monoisotopic (exact) mass is 410 g/mol. The second-order valence-electron chi connectivity index (χ2n) is 5.85. The molecule has 2 aliphatic rings. The maximum Gasteiger partial charge on any atom is 0.323 e. The first-order valence-electron chi connectivity index (χ1n) is 8.16. The largest absolute Gasteiger partial charge is 0.486 e. The van der Waals surface area contributed by atoms with Gasteiger partial charge in [-0.2, -0.15) is 0 Å². The number of nitrogens with one attached hydrogen (secondary N) is 1. The van der Waals surface area contributed by atoms with Crippen LogP contribution < -0.4 is 14.8 Å². The van der Waals surface area contributed by atoms with Gasteiger partial charge in [-0.15, -0.1) is 11.8 Å². The van der Waals surface area contributed by atoms with Crippen LogP contribution in [0, 0.1) is 0 Å². The first kappa shape index (κ1) is 17.6. The van der Waals surface area contributed by atoms with Crippen LogP contribution in [0.25, 0.3) is 0 Å². The highest BCUT2D eigenvalue weighted by atomic mass is 35.5. The molecule has 0 saturated carbocycles. The summed E-state index contributed by atoms with van der Waals surface area (Å²) in [5.74, 6) is 2.31. The van der Waals surface area contributed by atoms with Crippen LogP contribution in [-0.4, -0.2) is 36.4 Å². The Hall–Kier alpha value is -1.76. The van der Waals surface area contributed by atoms with E-state index in [9.17, 15) is 4.79 Å². The van der Waals surface area contributed by atoms with Gasteiger partial charge in [-0.1, -0.05) is 35.3 Å². The number of halogens is 2. The van der Waals surface area contributed by atoms with Crippen molar-refractivity contribution in [2.75, 3.05) is 30.8 Å². The number of thioether (sulfide) groups is 1. The van der Waals surface area contributed by atoms with Crippen molar-refractivity contribution in [1.82, 2.24) is 4.90 Å². The van der Waals surface area contributed by atoms with E-state index >= 15 is 0 Å². The fourth-order valence-corrected chi connectivity index (χ4v) is 4.70. The molecular formula is C18H16Cl2N2O3S. The number of carbonyl (C=O) groups excluding carboxylic acids is 1. The van der Waals surface area contributed by atoms with Gasteiger partial charge in [-0.3, -0.25) is 0 Å². The molecule has 0 aliphatic carbocycles. The van der Waals surface area contributed by atoms with E-state index in [-0.39, 0.29) is 11.4 Å². The number of nitrogens with zero attached hydrogens (tertiary/aromatic N) is 1. The van der Waals surface area contributed by atoms with Gasteiger partial charge in [-0.05, 0) is 29.8 Å². The Kier molecular flexibility index (Phi) is 5.07. The molecule has 136 valence electrons. The molecule has 8 heteroatoms. The van der Waals surface area contributed by atoms with E-state index < -0.39 is 0 Å². The molecule has 26 heavy (non-hydrogen) atoms. The molecule has 1 atom stereocenters. The standard InChI is InChI=1S/C18H16Cl2N2O3S/c19-12-2-1-3-13(20)16(12)21-18(23)22-6-9-26-17(22)11-4-5-14-15(10-11)25-8-7-24-14/h1-5,10,17H,6-9H2,(H,21,23)/t17-/m1/s1. The van der Waals surface area contributed by atoms with Crippen molar-refractivity contribution in [3.8, 4) is 11.5 Å². The molecule has 0 bridgehead atoms. The van der Waals surface area contributed by atoms with Crippen LogP contribution in [0.1, 0.15) is 10.9 Å². The maximum absolute atomic E-state index is 12.8. The molecule has 1 fully saturated rings. The van der Waals surface area contributed by atoms with Crippen LogP contribution in [0.5, 0.6) is 11.5 Å². The quantitative estimate of drug-likeness (QED) is 0.752. The lowest BCUT2D eigenvalue weighted by Crippen LogP contribution is -2.34. The van der Waals surface area contributed by atoms with Gasteiger partial charge >= 0.3 is 6.03 Å². The first-order chi connectivity index (χ1) is 12.6. The minimum Gasteiger partial charge on any atom is -0.486 e. The lowest BCUT2D eigenvalue weighted by atomic mass is 10.1. The number of para-hydroxylation sites is 1. The molecule has 0 spiro atoms. The lowest BCUT2D eigenvalue weighted by molar-refractivity contribution is 0.171. The number of urea groups is 1. The molecule has 2 aliphatic heterocycles. The Bertz CT molecular complexity index is 829. The van der Waals surface area contributed by atoms with E-state index in [4.69, 9.17) is 32.7 Å². The number of amides is 2. The summed E-state index contributed by atoms with van der Waals surface area (Å²) in [6.45, 7) is 1.72. The number of carbonyl (C=O) groups is 1. The number of hydrogen-bond acceptors (Lipinski definition) is 4. The number of rotatable bonds is 2. The molecule has 2 aromatic rings. The maximum atomic E-state index is 12.8. The smallest absolute Gasteiger partial charge is 0.323 e. The van der Waals surface area contributed by atoms with Gasteiger partial charge < -0.3 is 19.7 Å². The van der Waals surface area contributed by atoms with Crippen LogP contribution in [0.3, 0.4) is 0 Å². The average Bonchev–Trinajstić information content (AvgIpc) is 3.14. The van der Waals surface area contributed by atoms with Crippen molar-refractivity contribution in [3.05, 3.63) is 52.0 Å². The van der Waals surface area contributed by atoms with Crippen molar-refractivity contribution in [2.24, 2.45) is 0 Å². The molecular weight excluding hydrogens is 395 g/mol. The molecule has 2 aromatic carbocycles. The Labute approximate surface area is 165 Å². The molecule has 1 saturated heterocycles. The third-order valence-electron chi connectivity index (χ3n) is 4.20. The third kappa shape index (κ3) is 3.41. The van der Waals surface area contributed by atoms with E-state index in [1.807, 2.05) is 18.2 Å². The normalized spacial score (nSPS) is 18.7. The molecule has 2 heterocycles. The second-order valence-corrected chi connectivity index (χ2v) is 7.85. The summed E-state index contributed by atoms with van der Waals surface area (Å²) < 4.78 is 11.2. The Balaban J connectivity index is 1.56. The van der Waals surface area contributed by atoms with E-state index in [1.165, 1.54) is 0 Å². The van der Waals surface area contributed by atoms with Crippen LogP contribution in [0.15, 0.2) is 36.4 Å². The van der Waals surface area contributed by atoms with Crippen molar-refractivity contribution >= 4 is 46.7 Å². The average molecular weight is 411 g/mol. The highest BCUT2D eigenvalue weighted by Crippen LogP contribution is 2.42. The number of benzene rings is 2. The van der Waals surface area contributed by atoms with Crippen molar-refractivity contribution < 1.29 is 14.3 Å². The van der Waals surface area contributed by atoms with Crippen molar-refractivity contribution in [3.63, 3.8) is 0 Å². The highest BCUT2D eigenvalue weighted by molar-refractivity contribution is 7.99. The third-order valence-corrected chi connectivity index (χ3v) is 6.09. The molecule has 0 unspecified atom stereocenters. The van der Waals surface area contributed by atoms with E-state index in [0.29, 0.717) is 35.5 Å². The number of anilines is 1. The van der Waals surface area contributed by atoms with Crippen LogP contribution >= 0.6 is 35.0 Å². The van der Waals surface area contributed by atoms with E-state index in [2.05, 4.69) is 5.32 Å². The highest BCUT2D eigenvalue weighted by Gasteiger charge is 2.32. The fraction of sp³-hybridized carbons (Fsp3) is 0.278. The van der Waals surface area contributed by atoms with Gasteiger partial charge in [0, 0.05) is 12.3 Å². The molecule has 2 amide bonds. The Morgan fingerprint density at radius 1 is 1.12 bits per heavy atom. The summed E-state index contributed by atoms with van der Waals surface area (Å²) in [4.78, 5) is 14.6. The van der Waals surface area contributed by atoms with Crippen molar-refractivity contribution in [1.29, 1.82) is 0 Å². The summed E-state index contributed by atoms with van der Waals surface area (Å²) in [5, 5.41) is 3.55. The molecule has 0 radical (unpaired) electrons. The zero-order chi connectivity index (χ0) is 18.1. The number of hydrogen-bond donors (Lipinski definition) is 1. The zero-order valence-corrected chi connectivity index (χ0v) is 16.0. The van der Waals surface area contributed by atoms with E-state index in [0.717, 1.165) is 22.8 Å². The van der Waals surface area contributed by atoms with Gasteiger partial charge in [0.05, 0.1) is 15.7 Å². The van der Waals surface area contributed by atoms with Gasteiger partial charge in [0.15, 0.2) is 11.5 Å². The van der Waals surface area contributed by atoms with Crippen LogP contribution in [0.2, 0.25) is 10.0 Å². The number of ether oxygens (including phenoxy) is 2. The first-order valence-corrected chi connectivity index (χ1v) is 9.97. The molecule has 1 N–H and O–H groups in total. The summed E-state index contributed by atoms with van der Waals surface area (Å²) in [5.41, 5.74) is 1.43. The summed E-state index contributed by atoms with van der Waals surface area (Å²) in [6, 6.07) is 10.7. The fourth-order valence-electron chi connectivity index (χ4n) is 2.96. The zero-order valence-electron chi connectivity index (χ0n) is 13.7. The van der Waals surface area contributed by atoms with Crippen LogP contribution in [-0.2, 0) is 0 Å². The minimum absolute atomic E-state index is 0.105. The lowest BCUT2D eigenvalue weighted by Gasteiger charge is -2.26. The van der Waals surface area contributed by atoms with Gasteiger partial charge in [0.25, 0.3) is 0 Å². The van der Waals surface area contributed by atoms with Gasteiger partial charge in [0.1, 0.15) is 18.6 Å².